The first-order chi connectivity index (χ1) is 13.0. The van der Waals surface area contributed by atoms with Crippen molar-refractivity contribution in [3.8, 4) is 5.69 Å². The van der Waals surface area contributed by atoms with Gasteiger partial charge in [-0.15, -0.1) is 11.3 Å². The van der Waals surface area contributed by atoms with E-state index >= 15 is 0 Å². The summed E-state index contributed by atoms with van der Waals surface area (Å²) in [4.78, 5) is 26.4. The highest BCUT2D eigenvalue weighted by Crippen LogP contribution is 2.21. The molecule has 4 nitrogen and oxygen atoms in total. The molecule has 0 saturated heterocycles. The topological polar surface area (TPSA) is 44.0 Å². The SMILES string of the molecule is Cc1cc(C)cc(-n2c(=O)c3sccc3n(Cc3ccccc3Cl)c2=O)c1. The summed E-state index contributed by atoms with van der Waals surface area (Å²) in [6.45, 7) is 4.21. The van der Waals surface area contributed by atoms with Crippen LogP contribution in [0.1, 0.15) is 16.7 Å². The number of benzene rings is 2. The molecule has 0 unspecified atom stereocenters. The second-order valence-corrected chi connectivity index (χ2v) is 7.90. The van der Waals surface area contributed by atoms with Crippen molar-refractivity contribution in [2.75, 3.05) is 0 Å². The molecule has 0 N–H and O–H groups in total. The summed E-state index contributed by atoms with van der Waals surface area (Å²) in [6, 6.07) is 15.0. The molecule has 2 aromatic heterocycles. The highest BCUT2D eigenvalue weighted by atomic mass is 35.5. The molecule has 0 atom stereocenters. The van der Waals surface area contributed by atoms with Crippen molar-refractivity contribution in [3.05, 3.63) is 96.5 Å². The van der Waals surface area contributed by atoms with E-state index in [9.17, 15) is 9.59 Å². The summed E-state index contributed by atoms with van der Waals surface area (Å²) in [5, 5.41) is 2.43. The number of halogens is 1. The Kier molecular flexibility index (Phi) is 4.50. The number of thiophene rings is 1. The molecule has 0 radical (unpaired) electrons. The highest BCUT2D eigenvalue weighted by molar-refractivity contribution is 7.17. The maximum absolute atomic E-state index is 13.3. The molecular weight excluding hydrogens is 380 g/mol. The number of rotatable bonds is 3. The van der Waals surface area contributed by atoms with E-state index in [1.165, 1.54) is 15.9 Å². The molecule has 0 aliphatic heterocycles. The van der Waals surface area contributed by atoms with Crippen molar-refractivity contribution in [1.29, 1.82) is 0 Å². The minimum atomic E-state index is -0.365. The number of hydrogen-bond acceptors (Lipinski definition) is 3. The van der Waals surface area contributed by atoms with Crippen molar-refractivity contribution in [1.82, 2.24) is 9.13 Å². The van der Waals surface area contributed by atoms with Gasteiger partial charge in [0.1, 0.15) is 4.70 Å². The molecule has 6 heteroatoms. The molecule has 27 heavy (non-hydrogen) atoms. The third-order valence-corrected chi connectivity index (χ3v) is 5.77. The predicted octanol–water partition coefficient (Wildman–Crippen LogP) is 4.53. The standard InChI is InChI=1S/C21H17ClN2O2S/c1-13-9-14(2)11-16(10-13)24-20(25)19-18(7-8-27-19)23(21(24)26)12-15-5-3-4-6-17(15)22/h3-11H,12H2,1-2H3. The van der Waals surface area contributed by atoms with Crippen LogP contribution >= 0.6 is 22.9 Å². The van der Waals surface area contributed by atoms with E-state index < -0.39 is 0 Å². The second-order valence-electron chi connectivity index (χ2n) is 6.58. The van der Waals surface area contributed by atoms with Gasteiger partial charge in [0.05, 0.1) is 17.7 Å². The normalized spacial score (nSPS) is 11.2. The molecular formula is C21H17ClN2O2S. The van der Waals surface area contributed by atoms with Gasteiger partial charge in [-0.1, -0.05) is 35.9 Å². The predicted molar refractivity (Wildman–Crippen MR) is 112 cm³/mol. The van der Waals surface area contributed by atoms with E-state index in [4.69, 9.17) is 11.6 Å². The largest absolute Gasteiger partial charge is 0.336 e. The first-order valence-corrected chi connectivity index (χ1v) is 9.76. The fourth-order valence-corrected chi connectivity index (χ4v) is 4.36. The molecule has 0 spiro atoms. The fraction of sp³-hybridized carbons (Fsp3) is 0.143. The average molecular weight is 397 g/mol. The fourth-order valence-electron chi connectivity index (χ4n) is 3.34. The van der Waals surface area contributed by atoms with Crippen molar-refractivity contribution < 1.29 is 0 Å². The minimum absolute atomic E-state index is 0.287. The minimum Gasteiger partial charge on any atom is -0.288 e. The van der Waals surface area contributed by atoms with Crippen molar-refractivity contribution in [2.45, 2.75) is 20.4 Å². The number of aryl methyl sites for hydroxylation is 2. The highest BCUT2D eigenvalue weighted by Gasteiger charge is 2.17. The molecule has 0 bridgehead atoms. The number of fused-ring (bicyclic) bond motifs is 1. The Morgan fingerprint density at radius 2 is 1.70 bits per heavy atom. The third-order valence-electron chi connectivity index (χ3n) is 4.51. The van der Waals surface area contributed by atoms with E-state index in [1.54, 1.807) is 10.6 Å². The molecule has 2 aromatic carbocycles. The Morgan fingerprint density at radius 1 is 1.00 bits per heavy atom. The summed E-state index contributed by atoms with van der Waals surface area (Å²) in [6.07, 6.45) is 0. The van der Waals surface area contributed by atoms with E-state index in [-0.39, 0.29) is 11.2 Å². The van der Waals surface area contributed by atoms with Crippen molar-refractivity contribution in [2.24, 2.45) is 0 Å². The monoisotopic (exact) mass is 396 g/mol. The lowest BCUT2D eigenvalue weighted by molar-refractivity contribution is 0.716. The van der Waals surface area contributed by atoms with Gasteiger partial charge in [-0.3, -0.25) is 9.36 Å². The molecule has 136 valence electrons. The Morgan fingerprint density at radius 3 is 2.41 bits per heavy atom. The van der Waals surface area contributed by atoms with Gasteiger partial charge in [-0.05, 0) is 60.2 Å². The summed E-state index contributed by atoms with van der Waals surface area (Å²) in [5.74, 6) is 0. The maximum Gasteiger partial charge on any atom is 0.336 e. The van der Waals surface area contributed by atoms with E-state index in [0.717, 1.165) is 16.7 Å². The van der Waals surface area contributed by atoms with Crippen LogP contribution in [-0.2, 0) is 6.54 Å². The van der Waals surface area contributed by atoms with Crippen LogP contribution in [0.15, 0.2) is 63.5 Å². The number of nitrogens with zero attached hydrogens (tertiary/aromatic N) is 2. The van der Waals surface area contributed by atoms with E-state index in [0.29, 0.717) is 27.5 Å². The molecule has 4 rings (SSSR count). The zero-order valence-electron chi connectivity index (χ0n) is 14.9. The van der Waals surface area contributed by atoms with Gasteiger partial charge in [-0.2, -0.15) is 0 Å². The van der Waals surface area contributed by atoms with Crippen molar-refractivity contribution in [3.63, 3.8) is 0 Å². The summed E-state index contributed by atoms with van der Waals surface area (Å²) < 4.78 is 3.43. The van der Waals surface area contributed by atoms with Gasteiger partial charge >= 0.3 is 5.69 Å². The lowest BCUT2D eigenvalue weighted by Crippen LogP contribution is -2.38. The lowest BCUT2D eigenvalue weighted by atomic mass is 10.1. The molecule has 0 amide bonds. The lowest BCUT2D eigenvalue weighted by Gasteiger charge is -2.14. The molecule has 0 aliphatic carbocycles. The van der Waals surface area contributed by atoms with Gasteiger partial charge < -0.3 is 0 Å². The van der Waals surface area contributed by atoms with Crippen LogP contribution in [0.4, 0.5) is 0 Å². The number of aromatic nitrogens is 2. The smallest absolute Gasteiger partial charge is 0.288 e. The van der Waals surface area contributed by atoms with Gasteiger partial charge in [0.15, 0.2) is 0 Å². The molecule has 4 aromatic rings. The third kappa shape index (κ3) is 3.13. The first kappa shape index (κ1) is 17.8. The summed E-state index contributed by atoms with van der Waals surface area (Å²) in [5.41, 5.74) is 3.40. The quantitative estimate of drug-likeness (QED) is 0.510. The van der Waals surface area contributed by atoms with Crippen LogP contribution in [0.25, 0.3) is 15.9 Å². The molecule has 2 heterocycles. The van der Waals surface area contributed by atoms with Crippen molar-refractivity contribution >= 4 is 33.2 Å². The zero-order valence-corrected chi connectivity index (χ0v) is 16.5. The molecule has 0 saturated carbocycles. The van der Waals surface area contributed by atoms with Gasteiger partial charge in [0.25, 0.3) is 5.56 Å². The van der Waals surface area contributed by atoms with E-state index in [2.05, 4.69) is 0 Å². The number of hydrogen-bond donors (Lipinski definition) is 0. The van der Waals surface area contributed by atoms with E-state index in [1.807, 2.05) is 61.7 Å². The molecule has 0 aliphatic rings. The van der Waals surface area contributed by atoms with Crippen LogP contribution in [0.3, 0.4) is 0 Å². The maximum atomic E-state index is 13.3. The van der Waals surface area contributed by atoms with Gasteiger partial charge in [0.2, 0.25) is 0 Å². The van der Waals surface area contributed by atoms with Crippen LogP contribution < -0.4 is 11.2 Å². The average Bonchev–Trinajstić information content (AvgIpc) is 3.09. The Balaban J connectivity index is 2.03. The Labute approximate surface area is 164 Å². The van der Waals surface area contributed by atoms with Crippen LogP contribution in [0.2, 0.25) is 5.02 Å². The van der Waals surface area contributed by atoms with Crippen LogP contribution in [0, 0.1) is 13.8 Å². The summed E-state index contributed by atoms with van der Waals surface area (Å²) in [7, 11) is 0. The first-order valence-electron chi connectivity index (χ1n) is 8.51. The van der Waals surface area contributed by atoms with Gasteiger partial charge in [-0.25, -0.2) is 9.36 Å². The summed E-state index contributed by atoms with van der Waals surface area (Å²) >= 11 is 7.64. The Bertz CT molecular complexity index is 1260. The van der Waals surface area contributed by atoms with Crippen LogP contribution in [0.5, 0.6) is 0 Å². The second kappa shape index (κ2) is 6.83. The van der Waals surface area contributed by atoms with Crippen LogP contribution in [-0.4, -0.2) is 9.13 Å². The zero-order chi connectivity index (χ0) is 19.1. The Hall–Kier alpha value is -2.63. The van der Waals surface area contributed by atoms with Gasteiger partial charge in [0, 0.05) is 5.02 Å². The molecule has 0 fully saturated rings.